The molecule has 1 atom stereocenters. The van der Waals surface area contributed by atoms with E-state index in [2.05, 4.69) is 0 Å². The number of hydrogen-bond donors (Lipinski definition) is 0. The fourth-order valence-electron chi connectivity index (χ4n) is 4.11. The van der Waals surface area contributed by atoms with Crippen molar-refractivity contribution in [3.8, 4) is 0 Å². The number of amides is 3. The van der Waals surface area contributed by atoms with Crippen LogP contribution < -0.4 is 0 Å². The number of carbonyl (C=O) groups excluding carboxylic acids is 4. The number of piperidine rings is 1. The molecule has 1 fully saturated rings. The van der Waals surface area contributed by atoms with Gasteiger partial charge in [-0.15, -0.1) is 0 Å². The van der Waals surface area contributed by atoms with Gasteiger partial charge in [0.15, 0.2) is 0 Å². The highest BCUT2D eigenvalue weighted by Crippen LogP contribution is 2.25. The van der Waals surface area contributed by atoms with Crippen LogP contribution in [0.4, 0.5) is 0 Å². The summed E-state index contributed by atoms with van der Waals surface area (Å²) in [6, 6.07) is 13.7. The third kappa shape index (κ3) is 4.08. The van der Waals surface area contributed by atoms with E-state index in [1.165, 1.54) is 4.90 Å². The SMILES string of the molecule is CCOC(=O)C1CCCN(C(=O)c2ccc(CN3C(=O)c4ccccc4C3=O)cc2)C1. The van der Waals surface area contributed by atoms with Gasteiger partial charge in [0.1, 0.15) is 0 Å². The number of imide groups is 1. The predicted molar refractivity (Wildman–Crippen MR) is 112 cm³/mol. The molecule has 0 spiro atoms. The van der Waals surface area contributed by atoms with Crippen LogP contribution in [-0.4, -0.2) is 53.2 Å². The Morgan fingerprint density at radius 2 is 1.65 bits per heavy atom. The molecule has 0 saturated carbocycles. The van der Waals surface area contributed by atoms with E-state index in [1.807, 2.05) is 0 Å². The van der Waals surface area contributed by atoms with Crippen LogP contribution in [0.3, 0.4) is 0 Å². The molecule has 7 heteroatoms. The molecule has 0 aliphatic carbocycles. The van der Waals surface area contributed by atoms with Crippen LogP contribution in [0.1, 0.15) is 56.4 Å². The lowest BCUT2D eigenvalue weighted by atomic mass is 9.97. The van der Waals surface area contributed by atoms with Gasteiger partial charge in [0.05, 0.1) is 30.2 Å². The molecule has 0 aromatic heterocycles. The molecule has 160 valence electrons. The van der Waals surface area contributed by atoms with Crippen molar-refractivity contribution in [3.05, 3.63) is 70.8 Å². The summed E-state index contributed by atoms with van der Waals surface area (Å²) in [6.45, 7) is 3.21. The molecule has 31 heavy (non-hydrogen) atoms. The topological polar surface area (TPSA) is 84.0 Å². The number of esters is 1. The van der Waals surface area contributed by atoms with Gasteiger partial charge in [-0.2, -0.15) is 0 Å². The summed E-state index contributed by atoms with van der Waals surface area (Å²) >= 11 is 0. The highest BCUT2D eigenvalue weighted by molar-refractivity contribution is 6.21. The lowest BCUT2D eigenvalue weighted by molar-refractivity contribution is -0.149. The summed E-state index contributed by atoms with van der Waals surface area (Å²) in [5, 5.41) is 0. The third-order valence-corrected chi connectivity index (χ3v) is 5.75. The molecule has 1 saturated heterocycles. The van der Waals surface area contributed by atoms with Gasteiger partial charge in [-0.3, -0.25) is 24.1 Å². The molecule has 2 heterocycles. The van der Waals surface area contributed by atoms with E-state index < -0.39 is 0 Å². The summed E-state index contributed by atoms with van der Waals surface area (Å²) in [6.07, 6.45) is 1.48. The molecule has 0 N–H and O–H groups in total. The summed E-state index contributed by atoms with van der Waals surface area (Å²) < 4.78 is 5.10. The van der Waals surface area contributed by atoms with E-state index >= 15 is 0 Å². The Bertz CT molecular complexity index is 996. The molecule has 2 aromatic carbocycles. The summed E-state index contributed by atoms with van der Waals surface area (Å²) in [5.41, 5.74) is 2.10. The van der Waals surface area contributed by atoms with Gasteiger partial charge in [-0.05, 0) is 49.6 Å². The second kappa shape index (κ2) is 8.71. The van der Waals surface area contributed by atoms with Gasteiger partial charge >= 0.3 is 5.97 Å². The summed E-state index contributed by atoms with van der Waals surface area (Å²) in [5.74, 6) is -1.29. The van der Waals surface area contributed by atoms with Crippen molar-refractivity contribution in [1.29, 1.82) is 0 Å². The van der Waals surface area contributed by atoms with Crippen LogP contribution in [-0.2, 0) is 16.1 Å². The van der Waals surface area contributed by atoms with Crippen molar-refractivity contribution in [3.63, 3.8) is 0 Å². The number of carbonyl (C=O) groups is 4. The monoisotopic (exact) mass is 420 g/mol. The van der Waals surface area contributed by atoms with Crippen LogP contribution in [0.25, 0.3) is 0 Å². The molecule has 4 rings (SSSR count). The minimum atomic E-state index is -0.306. The summed E-state index contributed by atoms with van der Waals surface area (Å²) in [7, 11) is 0. The van der Waals surface area contributed by atoms with Crippen molar-refractivity contribution in [1.82, 2.24) is 9.80 Å². The van der Waals surface area contributed by atoms with Crippen molar-refractivity contribution in [2.45, 2.75) is 26.3 Å². The van der Waals surface area contributed by atoms with E-state index in [4.69, 9.17) is 4.74 Å². The average molecular weight is 420 g/mol. The van der Waals surface area contributed by atoms with Crippen molar-refractivity contribution in [2.24, 2.45) is 5.92 Å². The van der Waals surface area contributed by atoms with E-state index in [0.29, 0.717) is 36.4 Å². The lowest BCUT2D eigenvalue weighted by Crippen LogP contribution is -2.42. The maximum absolute atomic E-state index is 12.9. The first-order chi connectivity index (χ1) is 15.0. The molecule has 2 aliphatic rings. The molecular formula is C24H24N2O5. The molecule has 0 radical (unpaired) electrons. The van der Waals surface area contributed by atoms with Crippen molar-refractivity contribution < 1.29 is 23.9 Å². The number of nitrogens with zero attached hydrogens (tertiary/aromatic N) is 2. The van der Waals surface area contributed by atoms with Gasteiger partial charge in [0.2, 0.25) is 0 Å². The van der Waals surface area contributed by atoms with Gasteiger partial charge in [-0.25, -0.2) is 0 Å². The van der Waals surface area contributed by atoms with E-state index in [-0.39, 0.29) is 36.2 Å². The van der Waals surface area contributed by atoms with Gasteiger partial charge in [0, 0.05) is 18.7 Å². The van der Waals surface area contributed by atoms with Crippen molar-refractivity contribution >= 4 is 23.7 Å². The summed E-state index contributed by atoms with van der Waals surface area (Å²) in [4.78, 5) is 52.9. The maximum Gasteiger partial charge on any atom is 0.310 e. The number of benzene rings is 2. The number of ether oxygens (including phenoxy) is 1. The zero-order valence-electron chi connectivity index (χ0n) is 17.4. The Kier molecular flexibility index (Phi) is 5.84. The highest BCUT2D eigenvalue weighted by atomic mass is 16.5. The number of rotatable bonds is 5. The fourth-order valence-corrected chi connectivity index (χ4v) is 4.11. The lowest BCUT2D eigenvalue weighted by Gasteiger charge is -2.31. The van der Waals surface area contributed by atoms with Crippen molar-refractivity contribution in [2.75, 3.05) is 19.7 Å². The molecule has 2 aromatic rings. The largest absolute Gasteiger partial charge is 0.466 e. The third-order valence-electron chi connectivity index (χ3n) is 5.75. The van der Waals surface area contributed by atoms with E-state index in [9.17, 15) is 19.2 Å². The zero-order valence-corrected chi connectivity index (χ0v) is 17.4. The zero-order chi connectivity index (χ0) is 22.0. The number of likely N-dealkylation sites (tertiary alicyclic amines) is 1. The first-order valence-electron chi connectivity index (χ1n) is 10.5. The molecule has 2 aliphatic heterocycles. The van der Waals surface area contributed by atoms with Crippen LogP contribution in [0.2, 0.25) is 0 Å². The Balaban J connectivity index is 1.42. The van der Waals surface area contributed by atoms with Crippen LogP contribution in [0.5, 0.6) is 0 Å². The van der Waals surface area contributed by atoms with E-state index in [1.54, 1.807) is 60.4 Å². The Hall–Kier alpha value is -3.48. The molecular weight excluding hydrogens is 396 g/mol. The Morgan fingerprint density at radius 3 is 2.26 bits per heavy atom. The Morgan fingerprint density at radius 1 is 1.00 bits per heavy atom. The van der Waals surface area contributed by atoms with Crippen LogP contribution in [0.15, 0.2) is 48.5 Å². The van der Waals surface area contributed by atoms with Gasteiger partial charge in [0.25, 0.3) is 17.7 Å². The first kappa shape index (κ1) is 20.8. The quantitative estimate of drug-likeness (QED) is 0.549. The second-order valence-corrected chi connectivity index (χ2v) is 7.78. The van der Waals surface area contributed by atoms with Crippen LogP contribution in [0, 0.1) is 5.92 Å². The molecule has 7 nitrogen and oxygen atoms in total. The van der Waals surface area contributed by atoms with Gasteiger partial charge in [-0.1, -0.05) is 24.3 Å². The first-order valence-corrected chi connectivity index (χ1v) is 10.5. The van der Waals surface area contributed by atoms with Crippen LogP contribution >= 0.6 is 0 Å². The second-order valence-electron chi connectivity index (χ2n) is 7.78. The maximum atomic E-state index is 12.9. The predicted octanol–water partition coefficient (Wildman–Crippen LogP) is 2.90. The standard InChI is InChI=1S/C24H24N2O5/c1-2-31-24(30)18-6-5-13-25(15-18)21(27)17-11-9-16(10-12-17)14-26-22(28)19-7-3-4-8-20(19)23(26)29/h3-4,7-12,18H,2,5-6,13-15H2,1H3. The number of hydrogen-bond acceptors (Lipinski definition) is 5. The minimum absolute atomic E-state index is 0.138. The highest BCUT2D eigenvalue weighted by Gasteiger charge is 2.35. The Labute approximate surface area is 180 Å². The number of fused-ring (bicyclic) bond motifs is 1. The van der Waals surface area contributed by atoms with E-state index in [0.717, 1.165) is 18.4 Å². The normalized spacial score (nSPS) is 18.2. The fraction of sp³-hybridized carbons (Fsp3) is 0.333. The minimum Gasteiger partial charge on any atom is -0.466 e. The molecule has 1 unspecified atom stereocenters. The van der Waals surface area contributed by atoms with Gasteiger partial charge < -0.3 is 9.64 Å². The smallest absolute Gasteiger partial charge is 0.310 e. The molecule has 0 bridgehead atoms. The average Bonchev–Trinajstić information content (AvgIpc) is 3.04. The molecule has 3 amide bonds.